The summed E-state index contributed by atoms with van der Waals surface area (Å²) in [4.78, 5) is 9.21. The van der Waals surface area contributed by atoms with Crippen molar-refractivity contribution in [2.75, 3.05) is 0 Å². The lowest BCUT2D eigenvalue weighted by Gasteiger charge is -1.96. The van der Waals surface area contributed by atoms with E-state index in [0.29, 0.717) is -0.565 Å². The highest BCUT2D eigenvalue weighted by Gasteiger charge is 2.04. The van der Waals surface area contributed by atoms with Crippen LogP contribution >= 0.6 is 79.4 Å². The summed E-state index contributed by atoms with van der Waals surface area (Å²) in [6, 6.07) is 0. The summed E-state index contributed by atoms with van der Waals surface area (Å²) >= 11 is 11.7. The van der Waals surface area contributed by atoms with E-state index >= 15 is 0 Å². The molecule has 0 saturated heterocycles. The number of alkyl halides is 3. The first kappa shape index (κ1) is 13.7. The zero-order valence-electron chi connectivity index (χ0n) is 4.92. The molecule has 56 valence electrons. The van der Waals surface area contributed by atoms with Gasteiger partial charge in [-0.05, 0) is 18.5 Å². The maximum absolute atomic E-state index is 9.21. The SMILES string of the molecule is CC(=O)Cl.CC(I)(I)I. The molecule has 9 heavy (non-hydrogen) atoms. The van der Waals surface area contributed by atoms with E-state index < -0.39 is 0 Å². The third kappa shape index (κ3) is 146. The Balaban J connectivity index is 0. The van der Waals surface area contributed by atoms with Crippen molar-refractivity contribution in [2.24, 2.45) is 0 Å². The molecule has 0 amide bonds. The van der Waals surface area contributed by atoms with Crippen molar-refractivity contribution < 1.29 is 4.79 Å². The average molecular weight is 486 g/mol. The van der Waals surface area contributed by atoms with Crippen molar-refractivity contribution >= 4 is 84.6 Å². The Hall–Kier alpha value is 2.15. The first-order chi connectivity index (χ1) is 3.73. The van der Waals surface area contributed by atoms with Crippen LogP contribution in [-0.2, 0) is 4.79 Å². The van der Waals surface area contributed by atoms with Crippen molar-refractivity contribution in [3.63, 3.8) is 0 Å². The van der Waals surface area contributed by atoms with Crippen LogP contribution in [0.15, 0.2) is 0 Å². The fraction of sp³-hybridized carbons (Fsp3) is 0.750. The minimum atomic E-state index is -0.361. The maximum atomic E-state index is 9.21. The Bertz CT molecular complexity index is 78.3. The van der Waals surface area contributed by atoms with Gasteiger partial charge in [0.1, 0.15) is -0.565 Å². The van der Waals surface area contributed by atoms with Crippen LogP contribution < -0.4 is 0 Å². The van der Waals surface area contributed by atoms with E-state index in [1.165, 1.54) is 6.92 Å². The molecule has 0 unspecified atom stereocenters. The van der Waals surface area contributed by atoms with Crippen LogP contribution in [-0.4, -0.2) is 4.68 Å². The Labute approximate surface area is 101 Å². The summed E-state index contributed by atoms with van der Waals surface area (Å²) in [6.07, 6.45) is 0. The lowest BCUT2D eigenvalue weighted by atomic mass is 10.9. The van der Waals surface area contributed by atoms with Gasteiger partial charge in [-0.1, -0.05) is 67.8 Å². The van der Waals surface area contributed by atoms with Gasteiger partial charge in [-0.2, -0.15) is 0 Å². The molecular weight excluding hydrogens is 480 g/mol. The number of carbonyl (C=O) groups is 1. The number of carbonyl (C=O) groups excluding carboxylic acids is 1. The molecule has 0 N–H and O–H groups in total. The normalized spacial score (nSPS) is 9.56. The number of rotatable bonds is 0. The van der Waals surface area contributed by atoms with E-state index in [1.54, 1.807) is 0 Å². The third-order valence-corrected chi connectivity index (χ3v) is 0. The summed E-state index contributed by atoms with van der Waals surface area (Å²) in [7, 11) is 0. The average Bonchev–Trinajstić information content (AvgIpc) is 1.19. The van der Waals surface area contributed by atoms with Gasteiger partial charge in [0.2, 0.25) is 5.24 Å². The molecule has 0 heterocycles. The van der Waals surface area contributed by atoms with E-state index in [-0.39, 0.29) is 5.24 Å². The molecule has 5 heteroatoms. The number of halogens is 4. The predicted molar refractivity (Wildman–Crippen MR) is 67.0 cm³/mol. The van der Waals surface area contributed by atoms with Gasteiger partial charge in [0.15, 0.2) is 0 Å². The van der Waals surface area contributed by atoms with E-state index in [0.717, 1.165) is 0 Å². The van der Waals surface area contributed by atoms with Crippen LogP contribution in [0.5, 0.6) is 0 Å². The second-order valence-electron chi connectivity index (χ2n) is 1.25. The van der Waals surface area contributed by atoms with Gasteiger partial charge in [-0.25, -0.2) is 0 Å². The van der Waals surface area contributed by atoms with Crippen molar-refractivity contribution in [3.05, 3.63) is 0 Å². The van der Waals surface area contributed by atoms with E-state index in [2.05, 4.69) is 86.3 Å². The van der Waals surface area contributed by atoms with Gasteiger partial charge < -0.3 is 0 Å². The summed E-state index contributed by atoms with van der Waals surface area (Å²) in [5.74, 6) is 0. The third-order valence-electron chi connectivity index (χ3n) is 0. The van der Waals surface area contributed by atoms with Crippen LogP contribution in [0.2, 0.25) is 0 Å². The summed E-state index contributed by atoms with van der Waals surface area (Å²) in [5, 5.41) is -0.361. The van der Waals surface area contributed by atoms with E-state index in [9.17, 15) is 4.79 Å². The molecule has 0 aromatic rings. The topological polar surface area (TPSA) is 17.1 Å². The number of hydrogen-bond donors (Lipinski definition) is 0. The zero-order valence-corrected chi connectivity index (χ0v) is 12.1. The Morgan fingerprint density at radius 1 is 1.44 bits per heavy atom. The molecule has 0 fully saturated rings. The van der Waals surface area contributed by atoms with Gasteiger partial charge in [0.25, 0.3) is 0 Å². The molecule has 0 aliphatic heterocycles. The Kier molecular flexibility index (Phi) is 10.4. The summed E-state index contributed by atoms with van der Waals surface area (Å²) in [5.41, 5.74) is 0. The molecular formula is C4H6ClI3O. The molecule has 0 atom stereocenters. The second kappa shape index (κ2) is 6.84. The number of hydrogen-bond acceptors (Lipinski definition) is 1. The summed E-state index contributed by atoms with van der Waals surface area (Å²) in [6.45, 7) is 3.44. The van der Waals surface area contributed by atoms with E-state index in [1.807, 2.05) is 0 Å². The fourth-order valence-corrected chi connectivity index (χ4v) is 0. The molecule has 0 bridgehead atoms. The monoisotopic (exact) mass is 486 g/mol. The standard InChI is InChI=1S/C2H3ClO.C2H3I3/c1-2(3)4;1-2(3,4)5/h1H3;1H3. The van der Waals surface area contributed by atoms with Gasteiger partial charge in [-0.3, -0.25) is 4.79 Å². The molecule has 0 aromatic carbocycles. The highest BCUT2D eigenvalue weighted by atomic mass is 127. The lowest BCUT2D eigenvalue weighted by molar-refractivity contribution is -0.109. The van der Waals surface area contributed by atoms with Crippen molar-refractivity contribution in [1.82, 2.24) is 0 Å². The lowest BCUT2D eigenvalue weighted by Crippen LogP contribution is -1.82. The van der Waals surface area contributed by atoms with Gasteiger partial charge >= 0.3 is 0 Å². The fourth-order valence-electron chi connectivity index (χ4n) is 0. The molecule has 1 nitrogen and oxygen atoms in total. The van der Waals surface area contributed by atoms with Crippen LogP contribution in [0.3, 0.4) is 0 Å². The molecule has 0 saturated carbocycles. The van der Waals surface area contributed by atoms with Crippen LogP contribution in [0.4, 0.5) is 0 Å². The van der Waals surface area contributed by atoms with Crippen LogP contribution in [0.25, 0.3) is 0 Å². The largest absolute Gasteiger partial charge is 0.282 e. The van der Waals surface area contributed by atoms with Crippen LogP contribution in [0, 0.1) is 0 Å². The van der Waals surface area contributed by atoms with Crippen molar-refractivity contribution in [2.45, 2.75) is 13.3 Å². The highest BCUT2D eigenvalue weighted by molar-refractivity contribution is 14.3. The smallest absolute Gasteiger partial charge is 0.218 e. The summed E-state index contributed by atoms with van der Waals surface area (Å²) < 4.78 is 0.410. The minimum Gasteiger partial charge on any atom is -0.282 e. The quantitative estimate of drug-likeness (QED) is 0.290. The van der Waals surface area contributed by atoms with Crippen LogP contribution in [0.1, 0.15) is 13.8 Å². The van der Waals surface area contributed by atoms with Gasteiger partial charge in [-0.15, -0.1) is 0 Å². The maximum Gasteiger partial charge on any atom is 0.218 e. The Morgan fingerprint density at radius 2 is 1.44 bits per heavy atom. The molecule has 0 rings (SSSR count). The van der Waals surface area contributed by atoms with Crippen molar-refractivity contribution in [3.8, 4) is 0 Å². The van der Waals surface area contributed by atoms with Gasteiger partial charge in [0.05, 0.1) is 0 Å². The van der Waals surface area contributed by atoms with Gasteiger partial charge in [0, 0.05) is 6.92 Å². The molecule has 0 radical (unpaired) electrons. The molecule has 0 aliphatic rings. The van der Waals surface area contributed by atoms with E-state index in [4.69, 9.17) is 0 Å². The molecule has 0 aromatic heterocycles. The first-order valence-electron chi connectivity index (χ1n) is 1.96. The van der Waals surface area contributed by atoms with Crippen molar-refractivity contribution in [1.29, 1.82) is 0 Å². The first-order valence-corrected chi connectivity index (χ1v) is 5.57. The molecule has 0 aliphatic carbocycles. The second-order valence-corrected chi connectivity index (χ2v) is 14.4. The minimum absolute atomic E-state index is 0.361. The molecule has 0 spiro atoms. The Morgan fingerprint density at radius 3 is 1.44 bits per heavy atom. The zero-order chi connectivity index (χ0) is 8.08. The highest BCUT2D eigenvalue weighted by Crippen LogP contribution is 2.33. The predicted octanol–water partition coefficient (Wildman–Crippen LogP) is 3.74.